The Labute approximate surface area is 158 Å². The van der Waals surface area contributed by atoms with Crippen LogP contribution in [0.25, 0.3) is 0 Å². The number of hydrogen-bond donors (Lipinski definition) is 1. The van der Waals surface area contributed by atoms with Gasteiger partial charge in [-0.1, -0.05) is 23.7 Å². The molecule has 2 aromatic rings. The molecule has 0 aliphatic carbocycles. The third kappa shape index (κ3) is 5.17. The number of amides is 1. The second kappa shape index (κ2) is 8.82. The number of hydrogen-bond acceptors (Lipinski definition) is 5. The molecule has 1 aromatic carbocycles. The van der Waals surface area contributed by atoms with E-state index >= 15 is 0 Å². The molecule has 8 heteroatoms. The number of nitrogens with zero attached hydrogens (tertiary/aromatic N) is 1. The van der Waals surface area contributed by atoms with Gasteiger partial charge in [0, 0.05) is 10.7 Å². The van der Waals surface area contributed by atoms with Gasteiger partial charge in [-0.25, -0.2) is 4.98 Å². The van der Waals surface area contributed by atoms with Crippen LogP contribution in [0.5, 0.6) is 5.75 Å². The molecule has 0 aliphatic heterocycles. The van der Waals surface area contributed by atoms with E-state index in [0.717, 1.165) is 5.56 Å². The number of rotatable bonds is 6. The quantitative estimate of drug-likeness (QED) is 0.563. The van der Waals surface area contributed by atoms with Crippen LogP contribution < -0.4 is 10.1 Å². The van der Waals surface area contributed by atoms with E-state index in [2.05, 4.69) is 26.2 Å². The number of aromatic nitrogens is 1. The first-order valence-electron chi connectivity index (χ1n) is 7.27. The molecule has 1 amide bonds. The summed E-state index contributed by atoms with van der Waals surface area (Å²) in [7, 11) is 2.86. The summed E-state index contributed by atoms with van der Waals surface area (Å²) in [4.78, 5) is 28.2. The zero-order valence-corrected chi connectivity index (χ0v) is 15.9. The van der Waals surface area contributed by atoms with Gasteiger partial charge in [0.15, 0.2) is 0 Å². The van der Waals surface area contributed by atoms with Crippen molar-refractivity contribution >= 4 is 39.4 Å². The highest BCUT2D eigenvalue weighted by Gasteiger charge is 2.21. The topological polar surface area (TPSA) is 77.5 Å². The largest absolute Gasteiger partial charge is 0.497 e. The number of methoxy groups -OCH3 is 2. The molecule has 0 spiro atoms. The number of nitrogens with one attached hydrogen (secondary N) is 1. The van der Waals surface area contributed by atoms with Crippen LogP contribution in [0.4, 0.5) is 0 Å². The summed E-state index contributed by atoms with van der Waals surface area (Å²) in [6, 6.07) is 8.02. The molecule has 0 saturated carbocycles. The van der Waals surface area contributed by atoms with Crippen molar-refractivity contribution in [3.63, 3.8) is 0 Å². The predicted octanol–water partition coefficient (Wildman–Crippen LogP) is 3.54. The monoisotopic (exact) mass is 426 g/mol. The molecule has 1 aromatic heterocycles. The summed E-state index contributed by atoms with van der Waals surface area (Å²) in [6.07, 6.45) is 1.47. The molecule has 1 unspecified atom stereocenters. The molecular formula is C17H16BrClN2O4. The lowest BCUT2D eigenvalue weighted by Crippen LogP contribution is -2.30. The van der Waals surface area contributed by atoms with Crippen molar-refractivity contribution in [2.24, 2.45) is 0 Å². The third-order valence-electron chi connectivity index (χ3n) is 3.47. The highest BCUT2D eigenvalue weighted by Crippen LogP contribution is 2.23. The zero-order chi connectivity index (χ0) is 18.4. The van der Waals surface area contributed by atoms with E-state index in [1.807, 2.05) is 0 Å². The van der Waals surface area contributed by atoms with Crippen molar-refractivity contribution in [3.8, 4) is 5.75 Å². The van der Waals surface area contributed by atoms with Crippen LogP contribution in [0, 0.1) is 0 Å². The van der Waals surface area contributed by atoms with Gasteiger partial charge in [-0.05, 0) is 39.7 Å². The van der Waals surface area contributed by atoms with E-state index in [1.165, 1.54) is 13.3 Å². The van der Waals surface area contributed by atoms with Gasteiger partial charge in [0.1, 0.15) is 10.9 Å². The number of benzene rings is 1. The van der Waals surface area contributed by atoms with Crippen LogP contribution in [0.2, 0.25) is 5.15 Å². The highest BCUT2D eigenvalue weighted by atomic mass is 79.9. The molecule has 0 saturated heterocycles. The summed E-state index contributed by atoms with van der Waals surface area (Å²) in [5.41, 5.74) is 0.943. The molecular weight excluding hydrogens is 412 g/mol. The summed E-state index contributed by atoms with van der Waals surface area (Å²) in [5, 5.41) is 2.87. The minimum Gasteiger partial charge on any atom is -0.497 e. The van der Waals surface area contributed by atoms with Gasteiger partial charge in [0.05, 0.1) is 32.2 Å². The van der Waals surface area contributed by atoms with Gasteiger partial charge in [0.25, 0.3) is 5.91 Å². The average molecular weight is 428 g/mol. The van der Waals surface area contributed by atoms with E-state index in [4.69, 9.17) is 21.1 Å². The number of pyridine rings is 1. The second-order valence-corrected chi connectivity index (χ2v) is 6.35. The maximum absolute atomic E-state index is 12.6. The lowest BCUT2D eigenvalue weighted by Gasteiger charge is -2.19. The van der Waals surface area contributed by atoms with Crippen molar-refractivity contribution < 1.29 is 19.1 Å². The standard InChI is InChI=1S/C17H16BrClN2O4/c1-24-12-5-3-10(4-6-12)14(8-15(22)25-2)21-17(23)13-7-11(18)9-20-16(13)19/h3-7,9,14H,8H2,1-2H3,(H,21,23). The smallest absolute Gasteiger partial charge is 0.307 e. The molecule has 132 valence electrons. The van der Waals surface area contributed by atoms with Gasteiger partial charge < -0.3 is 14.8 Å². The molecule has 1 atom stereocenters. The van der Waals surface area contributed by atoms with Crippen molar-refractivity contribution in [2.45, 2.75) is 12.5 Å². The molecule has 0 fully saturated rings. The third-order valence-corrected chi connectivity index (χ3v) is 4.21. The Morgan fingerprint density at radius 2 is 1.96 bits per heavy atom. The predicted molar refractivity (Wildman–Crippen MR) is 96.8 cm³/mol. The van der Waals surface area contributed by atoms with Gasteiger partial charge in [-0.2, -0.15) is 0 Å². The minimum absolute atomic E-state index is 0.0202. The molecule has 2 rings (SSSR count). The normalized spacial score (nSPS) is 11.5. The van der Waals surface area contributed by atoms with E-state index < -0.39 is 17.9 Å². The number of ether oxygens (including phenoxy) is 2. The van der Waals surface area contributed by atoms with Gasteiger partial charge in [-0.15, -0.1) is 0 Å². The number of carbonyl (C=O) groups excluding carboxylic acids is 2. The SMILES string of the molecule is COC(=O)CC(NC(=O)c1cc(Br)cnc1Cl)c1ccc(OC)cc1. The summed E-state index contributed by atoms with van der Waals surface area (Å²) in [6.45, 7) is 0. The molecule has 1 heterocycles. The molecule has 1 N–H and O–H groups in total. The maximum atomic E-state index is 12.6. The van der Waals surface area contributed by atoms with Crippen molar-refractivity contribution in [1.29, 1.82) is 0 Å². The van der Waals surface area contributed by atoms with Crippen LogP contribution in [0.15, 0.2) is 41.0 Å². The second-order valence-electron chi connectivity index (χ2n) is 5.07. The van der Waals surface area contributed by atoms with Gasteiger partial charge in [-0.3, -0.25) is 9.59 Å². The van der Waals surface area contributed by atoms with Crippen LogP contribution in [-0.2, 0) is 9.53 Å². The summed E-state index contributed by atoms with van der Waals surface area (Å²) < 4.78 is 10.5. The first-order chi connectivity index (χ1) is 11.9. The van der Waals surface area contributed by atoms with Crippen LogP contribution >= 0.6 is 27.5 Å². The minimum atomic E-state index is -0.582. The van der Waals surface area contributed by atoms with Gasteiger partial charge in [0.2, 0.25) is 0 Å². The first kappa shape index (κ1) is 19.2. The van der Waals surface area contributed by atoms with Crippen molar-refractivity contribution in [3.05, 3.63) is 57.3 Å². The Balaban J connectivity index is 2.27. The van der Waals surface area contributed by atoms with Crippen molar-refractivity contribution in [2.75, 3.05) is 14.2 Å². The first-order valence-corrected chi connectivity index (χ1v) is 8.44. The molecule has 6 nitrogen and oxygen atoms in total. The zero-order valence-electron chi connectivity index (χ0n) is 13.6. The Morgan fingerprint density at radius 1 is 1.28 bits per heavy atom. The molecule has 0 bridgehead atoms. The molecule has 25 heavy (non-hydrogen) atoms. The fraction of sp³-hybridized carbons (Fsp3) is 0.235. The number of esters is 1. The lowest BCUT2D eigenvalue weighted by molar-refractivity contribution is -0.141. The number of halogens is 2. The Bertz CT molecular complexity index is 768. The molecule has 0 radical (unpaired) electrons. The van der Waals surface area contributed by atoms with E-state index in [-0.39, 0.29) is 17.1 Å². The van der Waals surface area contributed by atoms with E-state index in [9.17, 15) is 9.59 Å². The highest BCUT2D eigenvalue weighted by molar-refractivity contribution is 9.10. The van der Waals surface area contributed by atoms with Gasteiger partial charge >= 0.3 is 5.97 Å². The fourth-order valence-corrected chi connectivity index (χ4v) is 2.68. The fourth-order valence-electron chi connectivity index (χ4n) is 2.16. The Morgan fingerprint density at radius 3 is 2.56 bits per heavy atom. The molecule has 0 aliphatic rings. The van der Waals surface area contributed by atoms with E-state index in [1.54, 1.807) is 37.4 Å². The summed E-state index contributed by atoms with van der Waals surface area (Å²) in [5.74, 6) is -0.214. The van der Waals surface area contributed by atoms with Crippen molar-refractivity contribution in [1.82, 2.24) is 10.3 Å². The van der Waals surface area contributed by atoms with Crippen LogP contribution in [-0.4, -0.2) is 31.1 Å². The van der Waals surface area contributed by atoms with Crippen LogP contribution in [0.3, 0.4) is 0 Å². The Hall–Kier alpha value is -2.12. The number of carbonyl (C=O) groups is 2. The average Bonchev–Trinajstić information content (AvgIpc) is 2.63. The lowest BCUT2D eigenvalue weighted by atomic mass is 10.0. The summed E-state index contributed by atoms with van der Waals surface area (Å²) >= 11 is 9.25. The van der Waals surface area contributed by atoms with E-state index in [0.29, 0.717) is 10.2 Å². The Kier molecular flexibility index (Phi) is 6.78. The maximum Gasteiger partial charge on any atom is 0.307 e. The van der Waals surface area contributed by atoms with Crippen LogP contribution in [0.1, 0.15) is 28.4 Å².